The number of rotatable bonds is 6. The Balaban J connectivity index is 0.00000243. The molecule has 0 bridgehead atoms. The van der Waals surface area contributed by atoms with Crippen LogP contribution in [-0.4, -0.2) is 32.2 Å². The van der Waals surface area contributed by atoms with E-state index >= 15 is 0 Å². The molecule has 0 unspecified atom stereocenters. The standard InChI is InChI=1S/C22H27NO2.ClH/c1-4-23(5-2)14-15-25-22(24)21-19-12-8-6-10-17(19)16(3)18-11-7-9-13-20(18)21;/h6-13,16,21H,4-5,14-15H2,1-3H3;1H. The highest BCUT2D eigenvalue weighted by atomic mass is 35.5. The number of quaternary nitrogens is 1. The summed E-state index contributed by atoms with van der Waals surface area (Å²) in [6.07, 6.45) is 0. The van der Waals surface area contributed by atoms with E-state index in [-0.39, 0.29) is 24.3 Å². The van der Waals surface area contributed by atoms with E-state index in [9.17, 15) is 4.79 Å². The van der Waals surface area contributed by atoms with Gasteiger partial charge in [0.05, 0.1) is 13.1 Å². The quantitative estimate of drug-likeness (QED) is 0.708. The van der Waals surface area contributed by atoms with E-state index in [1.165, 1.54) is 16.0 Å². The fourth-order valence-electron chi connectivity index (χ4n) is 3.91. The zero-order valence-corrected chi connectivity index (χ0v) is 16.6. The molecule has 3 rings (SSSR count). The summed E-state index contributed by atoms with van der Waals surface area (Å²) in [7, 11) is 0. The van der Waals surface area contributed by atoms with Gasteiger partial charge in [0.1, 0.15) is 19.1 Å². The van der Waals surface area contributed by atoms with Crippen LogP contribution in [0.3, 0.4) is 0 Å². The highest BCUT2D eigenvalue weighted by Gasteiger charge is 2.35. The topological polar surface area (TPSA) is 30.7 Å². The van der Waals surface area contributed by atoms with Crippen LogP contribution in [0, 0.1) is 0 Å². The van der Waals surface area contributed by atoms with Gasteiger partial charge in [0.2, 0.25) is 0 Å². The van der Waals surface area contributed by atoms with Gasteiger partial charge in [-0.1, -0.05) is 55.5 Å². The molecule has 1 N–H and O–H groups in total. The first-order valence-electron chi connectivity index (χ1n) is 9.35. The molecule has 1 aliphatic carbocycles. The fraction of sp³-hybridized carbons (Fsp3) is 0.409. The van der Waals surface area contributed by atoms with Crippen LogP contribution in [0.4, 0.5) is 0 Å². The number of fused-ring (bicyclic) bond motifs is 2. The Labute approximate surface area is 162 Å². The lowest BCUT2D eigenvalue weighted by molar-refractivity contribution is -0.896. The number of hydrogen-bond acceptors (Lipinski definition) is 2. The molecule has 4 heteroatoms. The second-order valence-corrected chi connectivity index (χ2v) is 6.79. The average molecular weight is 374 g/mol. The molecule has 0 saturated carbocycles. The Morgan fingerprint density at radius 1 is 0.923 bits per heavy atom. The van der Waals surface area contributed by atoms with Gasteiger partial charge in [-0.25, -0.2) is 0 Å². The molecule has 0 aliphatic heterocycles. The number of ether oxygens (including phenoxy) is 1. The summed E-state index contributed by atoms with van der Waals surface area (Å²) in [5, 5.41) is 0. The van der Waals surface area contributed by atoms with Crippen LogP contribution in [0.2, 0.25) is 0 Å². The van der Waals surface area contributed by atoms with Gasteiger partial charge in [-0.2, -0.15) is 0 Å². The number of nitrogens with one attached hydrogen (secondary N) is 1. The number of benzene rings is 2. The van der Waals surface area contributed by atoms with Crippen molar-refractivity contribution in [2.45, 2.75) is 32.6 Å². The van der Waals surface area contributed by atoms with Crippen molar-refractivity contribution in [1.29, 1.82) is 0 Å². The van der Waals surface area contributed by atoms with Gasteiger partial charge in [0.25, 0.3) is 0 Å². The van der Waals surface area contributed by atoms with Crippen molar-refractivity contribution in [3.05, 3.63) is 70.8 Å². The minimum Gasteiger partial charge on any atom is -1.00 e. The van der Waals surface area contributed by atoms with E-state index in [1.807, 2.05) is 12.1 Å². The van der Waals surface area contributed by atoms with Gasteiger partial charge < -0.3 is 22.0 Å². The van der Waals surface area contributed by atoms with E-state index in [0.29, 0.717) is 12.5 Å². The molecular weight excluding hydrogens is 346 g/mol. The predicted octanol–water partition coefficient (Wildman–Crippen LogP) is -0.244. The number of likely N-dealkylation sites (N-methyl/N-ethyl adjacent to an activating group) is 1. The van der Waals surface area contributed by atoms with Crippen LogP contribution in [-0.2, 0) is 9.53 Å². The Hall–Kier alpha value is -1.84. The third-order valence-corrected chi connectivity index (χ3v) is 5.48. The summed E-state index contributed by atoms with van der Waals surface area (Å²) in [5.41, 5.74) is 4.65. The van der Waals surface area contributed by atoms with E-state index in [4.69, 9.17) is 4.74 Å². The maximum absolute atomic E-state index is 13.0. The van der Waals surface area contributed by atoms with Crippen molar-refractivity contribution < 1.29 is 26.8 Å². The monoisotopic (exact) mass is 373 g/mol. The van der Waals surface area contributed by atoms with Gasteiger partial charge >= 0.3 is 5.97 Å². The van der Waals surface area contributed by atoms with Gasteiger partial charge in [0, 0.05) is 5.92 Å². The summed E-state index contributed by atoms with van der Waals surface area (Å²) in [5.74, 6) is -0.134. The summed E-state index contributed by atoms with van der Waals surface area (Å²) in [6, 6.07) is 16.5. The highest BCUT2D eigenvalue weighted by molar-refractivity contribution is 5.84. The summed E-state index contributed by atoms with van der Waals surface area (Å²) >= 11 is 0. The Bertz CT molecular complexity index is 695. The summed E-state index contributed by atoms with van der Waals surface area (Å²) in [4.78, 5) is 14.4. The number of hydrogen-bond donors (Lipinski definition) is 1. The molecule has 0 fully saturated rings. The molecular formula is C22H28ClNO2. The SMILES string of the molecule is CC[NH+](CC)CCOC(=O)C1c2ccccc2C(C)c2ccccc21.[Cl-]. The lowest BCUT2D eigenvalue weighted by Gasteiger charge is -2.31. The third kappa shape index (κ3) is 3.94. The molecule has 2 aromatic rings. The van der Waals surface area contributed by atoms with Crippen molar-refractivity contribution in [2.24, 2.45) is 0 Å². The zero-order valence-electron chi connectivity index (χ0n) is 15.8. The largest absolute Gasteiger partial charge is 1.00 e. The average Bonchev–Trinajstić information content (AvgIpc) is 2.65. The minimum atomic E-state index is -0.310. The van der Waals surface area contributed by atoms with Crippen LogP contribution in [0.15, 0.2) is 48.5 Å². The second-order valence-electron chi connectivity index (χ2n) is 6.79. The summed E-state index contributed by atoms with van der Waals surface area (Å²) < 4.78 is 5.70. The van der Waals surface area contributed by atoms with Crippen LogP contribution in [0.5, 0.6) is 0 Å². The highest BCUT2D eigenvalue weighted by Crippen LogP contribution is 2.43. The molecule has 0 spiro atoms. The van der Waals surface area contributed by atoms with Gasteiger partial charge in [-0.05, 0) is 36.1 Å². The van der Waals surface area contributed by atoms with Crippen molar-refractivity contribution in [1.82, 2.24) is 0 Å². The normalized spacial score (nSPS) is 17.8. The molecule has 0 aromatic heterocycles. The molecule has 1 aliphatic rings. The predicted molar refractivity (Wildman–Crippen MR) is 100 cm³/mol. The molecule has 0 radical (unpaired) electrons. The van der Waals surface area contributed by atoms with Crippen molar-refractivity contribution >= 4 is 5.97 Å². The maximum atomic E-state index is 13.0. The van der Waals surface area contributed by atoms with Gasteiger partial charge in [-0.3, -0.25) is 4.79 Å². The minimum absolute atomic E-state index is 0. The molecule has 26 heavy (non-hydrogen) atoms. The van der Waals surface area contributed by atoms with E-state index < -0.39 is 0 Å². The number of carbonyl (C=O) groups excluding carboxylic acids is 1. The van der Waals surface area contributed by atoms with Crippen LogP contribution in [0.25, 0.3) is 0 Å². The lowest BCUT2D eigenvalue weighted by Crippen LogP contribution is -3.11. The van der Waals surface area contributed by atoms with Crippen molar-refractivity contribution in [2.75, 3.05) is 26.2 Å². The molecule has 140 valence electrons. The third-order valence-electron chi connectivity index (χ3n) is 5.48. The maximum Gasteiger partial charge on any atom is 0.318 e. The Morgan fingerprint density at radius 3 is 1.85 bits per heavy atom. The first-order valence-corrected chi connectivity index (χ1v) is 9.35. The molecule has 3 nitrogen and oxygen atoms in total. The van der Waals surface area contributed by atoms with Crippen LogP contribution >= 0.6 is 0 Å². The van der Waals surface area contributed by atoms with Crippen molar-refractivity contribution in [3.8, 4) is 0 Å². The fourth-order valence-corrected chi connectivity index (χ4v) is 3.91. The van der Waals surface area contributed by atoms with E-state index in [0.717, 1.165) is 30.8 Å². The first kappa shape index (κ1) is 20.5. The zero-order chi connectivity index (χ0) is 17.8. The molecule has 2 aromatic carbocycles. The number of halogens is 1. The van der Waals surface area contributed by atoms with E-state index in [2.05, 4.69) is 57.2 Å². The van der Waals surface area contributed by atoms with Gasteiger partial charge in [0.15, 0.2) is 0 Å². The molecule has 0 atom stereocenters. The summed E-state index contributed by atoms with van der Waals surface area (Å²) in [6.45, 7) is 9.99. The smallest absolute Gasteiger partial charge is 0.318 e. The number of esters is 1. The molecule has 0 saturated heterocycles. The Morgan fingerprint density at radius 2 is 1.38 bits per heavy atom. The second kappa shape index (κ2) is 9.20. The van der Waals surface area contributed by atoms with Crippen molar-refractivity contribution in [3.63, 3.8) is 0 Å². The first-order chi connectivity index (χ1) is 12.2. The lowest BCUT2D eigenvalue weighted by atomic mass is 9.73. The molecule has 0 amide bonds. The Kier molecular flexibility index (Phi) is 7.24. The van der Waals surface area contributed by atoms with Gasteiger partial charge in [-0.15, -0.1) is 0 Å². The van der Waals surface area contributed by atoms with Crippen LogP contribution in [0.1, 0.15) is 54.9 Å². The molecule has 0 heterocycles. The van der Waals surface area contributed by atoms with E-state index in [1.54, 1.807) is 0 Å². The van der Waals surface area contributed by atoms with Crippen LogP contribution < -0.4 is 17.3 Å². The number of carbonyl (C=O) groups is 1.